The molecule has 0 aromatic heterocycles. The van der Waals surface area contributed by atoms with E-state index >= 15 is 0 Å². The molecule has 0 N–H and O–H groups in total. The van der Waals surface area contributed by atoms with Crippen molar-refractivity contribution in [3.05, 3.63) is 53.6 Å². The fraction of sp³-hybridized carbons (Fsp3) is 0.552. The molecule has 0 atom stereocenters. The highest BCUT2D eigenvalue weighted by atomic mass is 32.2. The SMILES string of the molecule is CCCC1=Nc2ccccc2S(=O)(=O)N1CCCOc1ccc(CC(C)(C)C)cc1CC(C)(C)C. The topological polar surface area (TPSA) is 59.0 Å². The van der Waals surface area contributed by atoms with Crippen molar-refractivity contribution in [1.82, 2.24) is 4.31 Å². The van der Waals surface area contributed by atoms with Crippen LogP contribution in [0.4, 0.5) is 5.69 Å². The molecule has 2 aromatic carbocycles. The van der Waals surface area contributed by atoms with E-state index in [0.717, 1.165) is 25.0 Å². The summed E-state index contributed by atoms with van der Waals surface area (Å²) in [5.41, 5.74) is 3.43. The number of sulfonamides is 1. The minimum absolute atomic E-state index is 0.138. The lowest BCUT2D eigenvalue weighted by Gasteiger charge is -2.30. The molecule has 1 aliphatic rings. The number of hydrogen-bond acceptors (Lipinski definition) is 4. The van der Waals surface area contributed by atoms with E-state index in [-0.39, 0.29) is 15.7 Å². The summed E-state index contributed by atoms with van der Waals surface area (Å²) in [7, 11) is -3.61. The minimum atomic E-state index is -3.61. The number of hydrogen-bond donors (Lipinski definition) is 0. The van der Waals surface area contributed by atoms with E-state index in [0.29, 0.717) is 37.5 Å². The average Bonchev–Trinajstić information content (AvgIpc) is 2.72. The second-order valence-corrected chi connectivity index (χ2v) is 13.8. The fourth-order valence-corrected chi connectivity index (χ4v) is 6.11. The third-order valence-electron chi connectivity index (χ3n) is 5.79. The van der Waals surface area contributed by atoms with Gasteiger partial charge in [0.1, 0.15) is 16.5 Å². The molecule has 35 heavy (non-hydrogen) atoms. The first-order valence-electron chi connectivity index (χ1n) is 12.7. The molecular formula is C29H42N2O3S. The molecular weight excluding hydrogens is 456 g/mol. The molecule has 0 radical (unpaired) electrons. The van der Waals surface area contributed by atoms with Crippen LogP contribution in [0.3, 0.4) is 0 Å². The van der Waals surface area contributed by atoms with E-state index in [1.807, 2.05) is 13.0 Å². The van der Waals surface area contributed by atoms with Gasteiger partial charge in [0.15, 0.2) is 0 Å². The lowest BCUT2D eigenvalue weighted by atomic mass is 9.84. The van der Waals surface area contributed by atoms with Crippen molar-refractivity contribution in [2.45, 2.75) is 85.5 Å². The standard InChI is InChI=1S/C29H42N2O3S/c1-8-12-27-30-24-13-9-10-14-26(24)35(32,33)31(27)17-11-18-34-25-16-15-22(20-28(2,3)4)19-23(25)21-29(5,6)7/h9-10,13-16,19H,8,11-12,17-18,20-21H2,1-7H3. The number of aliphatic imine (C=N–C) groups is 1. The number of amidine groups is 1. The lowest BCUT2D eigenvalue weighted by Crippen LogP contribution is -2.40. The molecule has 0 fully saturated rings. The van der Waals surface area contributed by atoms with Gasteiger partial charge in [0.25, 0.3) is 10.0 Å². The summed E-state index contributed by atoms with van der Waals surface area (Å²) in [5.74, 6) is 1.51. The summed E-state index contributed by atoms with van der Waals surface area (Å²) in [6.07, 6.45) is 3.98. The predicted octanol–water partition coefficient (Wildman–Crippen LogP) is 7.17. The van der Waals surface area contributed by atoms with Crippen molar-refractivity contribution < 1.29 is 13.2 Å². The molecule has 3 rings (SSSR count). The maximum absolute atomic E-state index is 13.3. The number of benzene rings is 2. The zero-order valence-corrected chi connectivity index (χ0v) is 23.3. The number of nitrogens with zero attached hydrogens (tertiary/aromatic N) is 2. The van der Waals surface area contributed by atoms with Crippen molar-refractivity contribution >= 4 is 21.5 Å². The molecule has 0 unspecified atom stereocenters. The number of ether oxygens (including phenoxy) is 1. The fourth-order valence-electron chi connectivity index (χ4n) is 4.47. The summed E-state index contributed by atoms with van der Waals surface area (Å²) >= 11 is 0. The van der Waals surface area contributed by atoms with Crippen LogP contribution < -0.4 is 4.74 Å². The van der Waals surface area contributed by atoms with Crippen LogP contribution in [0.2, 0.25) is 0 Å². The van der Waals surface area contributed by atoms with Gasteiger partial charge >= 0.3 is 0 Å². The maximum Gasteiger partial charge on any atom is 0.267 e. The van der Waals surface area contributed by atoms with Gasteiger partial charge in [0.05, 0.1) is 12.3 Å². The van der Waals surface area contributed by atoms with Crippen LogP contribution in [0.25, 0.3) is 0 Å². The molecule has 0 saturated heterocycles. The summed E-state index contributed by atoms with van der Waals surface area (Å²) in [6.45, 7) is 16.3. The first kappa shape index (κ1) is 27.3. The van der Waals surface area contributed by atoms with Crippen LogP contribution >= 0.6 is 0 Å². The van der Waals surface area contributed by atoms with Crippen LogP contribution in [-0.2, 0) is 22.9 Å². The van der Waals surface area contributed by atoms with Gasteiger partial charge in [0, 0.05) is 19.4 Å². The van der Waals surface area contributed by atoms with Crippen molar-refractivity contribution in [3.8, 4) is 5.75 Å². The van der Waals surface area contributed by atoms with E-state index in [2.05, 4.69) is 64.7 Å². The number of rotatable bonds is 9. The Morgan fingerprint density at radius 2 is 1.63 bits per heavy atom. The monoisotopic (exact) mass is 498 g/mol. The molecule has 6 heteroatoms. The third kappa shape index (κ3) is 7.33. The summed E-state index contributed by atoms with van der Waals surface area (Å²) in [6, 6.07) is 13.5. The molecule has 0 saturated carbocycles. The number of para-hydroxylation sites is 1. The molecule has 5 nitrogen and oxygen atoms in total. The van der Waals surface area contributed by atoms with Gasteiger partial charge in [-0.05, 0) is 59.4 Å². The molecule has 0 spiro atoms. The first-order valence-corrected chi connectivity index (χ1v) is 14.2. The van der Waals surface area contributed by atoms with Gasteiger partial charge in [-0.25, -0.2) is 13.4 Å². The summed E-state index contributed by atoms with van der Waals surface area (Å²) < 4.78 is 34.3. The highest BCUT2D eigenvalue weighted by Gasteiger charge is 2.33. The maximum atomic E-state index is 13.3. The van der Waals surface area contributed by atoms with Gasteiger partial charge in [0.2, 0.25) is 0 Å². The van der Waals surface area contributed by atoms with Gasteiger partial charge < -0.3 is 4.74 Å². The van der Waals surface area contributed by atoms with Crippen LogP contribution in [0.15, 0.2) is 52.4 Å². The summed E-state index contributed by atoms with van der Waals surface area (Å²) in [4.78, 5) is 4.95. The van der Waals surface area contributed by atoms with Crippen molar-refractivity contribution in [2.75, 3.05) is 13.2 Å². The smallest absolute Gasteiger partial charge is 0.267 e. The van der Waals surface area contributed by atoms with Crippen molar-refractivity contribution in [3.63, 3.8) is 0 Å². The Kier molecular flexibility index (Phi) is 8.36. The van der Waals surface area contributed by atoms with Crippen LogP contribution in [-0.4, -0.2) is 31.7 Å². The van der Waals surface area contributed by atoms with Crippen LogP contribution in [0, 0.1) is 10.8 Å². The Hall–Kier alpha value is -2.34. The van der Waals surface area contributed by atoms with Crippen molar-refractivity contribution in [1.29, 1.82) is 0 Å². The molecule has 2 aromatic rings. The van der Waals surface area contributed by atoms with Gasteiger partial charge in [-0.2, -0.15) is 0 Å². The second-order valence-electron chi connectivity index (χ2n) is 11.9. The Balaban J connectivity index is 1.73. The highest BCUT2D eigenvalue weighted by molar-refractivity contribution is 7.90. The number of fused-ring (bicyclic) bond motifs is 1. The van der Waals surface area contributed by atoms with Crippen molar-refractivity contribution in [2.24, 2.45) is 15.8 Å². The lowest BCUT2D eigenvalue weighted by molar-refractivity contribution is 0.294. The average molecular weight is 499 g/mol. The van der Waals surface area contributed by atoms with E-state index < -0.39 is 10.0 Å². The van der Waals surface area contributed by atoms with Gasteiger partial charge in [-0.3, -0.25) is 4.31 Å². The molecule has 0 amide bonds. The zero-order chi connectivity index (χ0) is 25.9. The largest absolute Gasteiger partial charge is 0.493 e. The Labute approximate surface area is 212 Å². The predicted molar refractivity (Wildman–Crippen MR) is 145 cm³/mol. The second kappa shape index (κ2) is 10.7. The highest BCUT2D eigenvalue weighted by Crippen LogP contribution is 2.34. The first-order chi connectivity index (χ1) is 16.3. The van der Waals surface area contributed by atoms with Crippen LogP contribution in [0.5, 0.6) is 5.75 Å². The normalized spacial score (nSPS) is 15.5. The molecule has 192 valence electrons. The van der Waals surface area contributed by atoms with Gasteiger partial charge in [-0.1, -0.05) is 72.7 Å². The van der Waals surface area contributed by atoms with E-state index in [1.165, 1.54) is 15.4 Å². The third-order valence-corrected chi connectivity index (χ3v) is 7.66. The molecule has 0 bridgehead atoms. The molecule has 0 aliphatic carbocycles. The minimum Gasteiger partial charge on any atom is -0.493 e. The zero-order valence-electron chi connectivity index (χ0n) is 22.5. The van der Waals surface area contributed by atoms with E-state index in [1.54, 1.807) is 18.2 Å². The van der Waals surface area contributed by atoms with E-state index in [9.17, 15) is 8.42 Å². The quantitative estimate of drug-likeness (QED) is 0.344. The van der Waals surface area contributed by atoms with E-state index in [4.69, 9.17) is 4.74 Å². The Morgan fingerprint density at radius 1 is 0.943 bits per heavy atom. The Morgan fingerprint density at radius 3 is 2.29 bits per heavy atom. The molecule has 1 aliphatic heterocycles. The Bertz CT molecular complexity index is 1160. The molecule has 1 heterocycles. The van der Waals surface area contributed by atoms with Crippen LogP contribution in [0.1, 0.15) is 78.9 Å². The summed E-state index contributed by atoms with van der Waals surface area (Å²) in [5, 5.41) is 0. The van der Waals surface area contributed by atoms with Gasteiger partial charge in [-0.15, -0.1) is 0 Å².